The van der Waals surface area contributed by atoms with E-state index in [9.17, 15) is 9.59 Å². The third-order valence-corrected chi connectivity index (χ3v) is 4.69. The Balaban J connectivity index is 1.48. The van der Waals surface area contributed by atoms with Crippen LogP contribution in [-0.4, -0.2) is 31.9 Å². The molecule has 3 aromatic rings. The van der Waals surface area contributed by atoms with Gasteiger partial charge in [0.1, 0.15) is 0 Å². The molecule has 1 amide bonds. The number of nitrogen functional groups attached to an aromatic ring is 1. The van der Waals surface area contributed by atoms with Crippen LogP contribution >= 0.6 is 0 Å². The molecule has 0 unspecified atom stereocenters. The van der Waals surface area contributed by atoms with Crippen LogP contribution in [0.5, 0.6) is 0 Å². The van der Waals surface area contributed by atoms with Crippen molar-refractivity contribution in [3.8, 4) is 11.3 Å². The molecule has 0 radical (unpaired) electrons. The first-order chi connectivity index (χ1) is 13.1. The Labute approximate surface area is 154 Å². The van der Waals surface area contributed by atoms with Crippen molar-refractivity contribution in [2.45, 2.75) is 24.8 Å². The maximum Gasteiger partial charge on any atom is 0.255 e. The van der Waals surface area contributed by atoms with Gasteiger partial charge in [-0.1, -0.05) is 30.3 Å². The molecule has 0 atom stereocenters. The first kappa shape index (κ1) is 16.9. The smallest absolute Gasteiger partial charge is 0.255 e. The monoisotopic (exact) mass is 362 g/mol. The number of amides is 1. The average Bonchev–Trinajstić information content (AvgIpc) is 2.64. The first-order valence-electron chi connectivity index (χ1n) is 8.63. The van der Waals surface area contributed by atoms with Gasteiger partial charge in [0.25, 0.3) is 11.5 Å². The number of anilines is 1. The zero-order chi connectivity index (χ0) is 18.8. The Morgan fingerprint density at radius 2 is 1.96 bits per heavy atom. The second kappa shape index (κ2) is 6.99. The molecule has 27 heavy (non-hydrogen) atoms. The summed E-state index contributed by atoms with van der Waals surface area (Å²) < 4.78 is 0. The molecule has 4 N–H and O–H groups in total. The minimum absolute atomic E-state index is 0.0183. The molecule has 0 spiro atoms. The van der Waals surface area contributed by atoms with Crippen LogP contribution in [0, 0.1) is 0 Å². The summed E-state index contributed by atoms with van der Waals surface area (Å²) in [6.45, 7) is 0. The third-order valence-electron chi connectivity index (χ3n) is 4.69. The summed E-state index contributed by atoms with van der Waals surface area (Å²) in [4.78, 5) is 39.1. The lowest BCUT2D eigenvalue weighted by Crippen LogP contribution is -2.44. The largest absolute Gasteiger partial charge is 0.368 e. The minimum Gasteiger partial charge on any atom is -0.368 e. The van der Waals surface area contributed by atoms with E-state index >= 15 is 0 Å². The van der Waals surface area contributed by atoms with E-state index in [1.807, 2.05) is 30.3 Å². The van der Waals surface area contributed by atoms with Crippen LogP contribution < -0.4 is 16.6 Å². The highest BCUT2D eigenvalue weighted by atomic mass is 16.1. The van der Waals surface area contributed by atoms with E-state index in [2.05, 4.69) is 25.3 Å². The molecule has 0 saturated heterocycles. The zero-order valence-corrected chi connectivity index (χ0v) is 14.4. The number of hydrogen-bond donors (Lipinski definition) is 3. The van der Waals surface area contributed by atoms with Crippen molar-refractivity contribution >= 4 is 11.9 Å². The number of nitrogens with two attached hydrogens (primary N) is 1. The van der Waals surface area contributed by atoms with Gasteiger partial charge in [0.05, 0.1) is 23.3 Å². The van der Waals surface area contributed by atoms with Crippen LogP contribution in [0.2, 0.25) is 0 Å². The third kappa shape index (κ3) is 3.55. The molecule has 1 fully saturated rings. The fourth-order valence-electron chi connectivity index (χ4n) is 3.22. The lowest BCUT2D eigenvalue weighted by Gasteiger charge is -2.35. The topological polar surface area (TPSA) is 127 Å². The number of carbonyl (C=O) groups is 1. The highest BCUT2D eigenvalue weighted by Crippen LogP contribution is 2.35. The fraction of sp³-hybridized carbons (Fsp3) is 0.211. The molecule has 136 valence electrons. The van der Waals surface area contributed by atoms with Crippen molar-refractivity contribution < 1.29 is 4.79 Å². The van der Waals surface area contributed by atoms with Crippen LogP contribution in [0.25, 0.3) is 11.3 Å². The van der Waals surface area contributed by atoms with Crippen LogP contribution in [-0.2, 0) is 0 Å². The molecule has 1 saturated carbocycles. The first-order valence-corrected chi connectivity index (χ1v) is 8.63. The van der Waals surface area contributed by atoms with Crippen molar-refractivity contribution in [1.82, 2.24) is 25.3 Å². The van der Waals surface area contributed by atoms with Gasteiger partial charge in [-0.2, -0.15) is 0 Å². The fourth-order valence-corrected chi connectivity index (χ4v) is 3.22. The van der Waals surface area contributed by atoms with E-state index in [0.29, 0.717) is 11.3 Å². The molecule has 0 aliphatic heterocycles. The maximum atomic E-state index is 12.7. The Morgan fingerprint density at radius 3 is 2.70 bits per heavy atom. The summed E-state index contributed by atoms with van der Waals surface area (Å²) in [6, 6.07) is 10.9. The van der Waals surface area contributed by atoms with Crippen LogP contribution in [0.15, 0.2) is 53.7 Å². The van der Waals surface area contributed by atoms with Gasteiger partial charge in [-0.3, -0.25) is 9.59 Å². The average molecular weight is 362 g/mol. The Hall–Kier alpha value is -3.55. The van der Waals surface area contributed by atoms with Gasteiger partial charge in [-0.05, 0) is 12.8 Å². The number of nitrogens with one attached hydrogen (secondary N) is 2. The van der Waals surface area contributed by atoms with Crippen LogP contribution in [0.1, 0.15) is 34.8 Å². The van der Waals surface area contributed by atoms with Gasteiger partial charge >= 0.3 is 0 Å². The Bertz CT molecular complexity index is 1030. The number of benzene rings is 1. The normalized spacial score (nSPS) is 18.5. The van der Waals surface area contributed by atoms with Crippen molar-refractivity contribution in [1.29, 1.82) is 0 Å². The van der Waals surface area contributed by atoms with E-state index in [0.717, 1.165) is 24.1 Å². The number of aromatic nitrogens is 4. The van der Waals surface area contributed by atoms with Gasteiger partial charge in [0.15, 0.2) is 0 Å². The van der Waals surface area contributed by atoms with Crippen molar-refractivity contribution in [2.24, 2.45) is 0 Å². The molecule has 0 bridgehead atoms. The summed E-state index contributed by atoms with van der Waals surface area (Å²) in [7, 11) is 0. The van der Waals surface area contributed by atoms with Gasteiger partial charge in [0.2, 0.25) is 5.95 Å². The number of rotatable bonds is 4. The molecule has 1 aliphatic rings. The van der Waals surface area contributed by atoms with Gasteiger partial charge in [-0.15, -0.1) is 0 Å². The molecule has 1 aromatic carbocycles. The number of hydrogen-bond acceptors (Lipinski definition) is 6. The summed E-state index contributed by atoms with van der Waals surface area (Å²) in [6.07, 6.45) is 4.33. The number of aromatic amines is 1. The van der Waals surface area contributed by atoms with Crippen LogP contribution in [0.4, 0.5) is 5.95 Å². The standard InChI is InChI=1S/C19H18N6O2/c20-19-21-9-14(17(25-19)11-4-2-1-3-5-11)18(27)24-13-6-12(7-13)15-8-16(26)23-10-22-15/h1-5,8-10,12-13H,6-7H2,(H,24,27)(H2,20,21,25)(H,22,23,26). The van der Waals surface area contributed by atoms with Crippen LogP contribution in [0.3, 0.4) is 0 Å². The van der Waals surface area contributed by atoms with E-state index in [-0.39, 0.29) is 29.4 Å². The van der Waals surface area contributed by atoms with Gasteiger partial charge in [0, 0.05) is 29.8 Å². The Kier molecular flexibility index (Phi) is 4.37. The predicted molar refractivity (Wildman–Crippen MR) is 100.0 cm³/mol. The summed E-state index contributed by atoms with van der Waals surface area (Å²) in [5, 5.41) is 3.00. The number of nitrogens with zero attached hydrogens (tertiary/aromatic N) is 3. The van der Waals surface area contributed by atoms with Gasteiger partial charge in [-0.25, -0.2) is 15.0 Å². The van der Waals surface area contributed by atoms with E-state index in [1.165, 1.54) is 18.6 Å². The number of H-pyrrole nitrogens is 1. The summed E-state index contributed by atoms with van der Waals surface area (Å²) in [5.74, 6) is 0.0551. The Morgan fingerprint density at radius 1 is 1.19 bits per heavy atom. The van der Waals surface area contributed by atoms with Crippen molar-refractivity contribution in [3.05, 3.63) is 70.5 Å². The quantitative estimate of drug-likeness (QED) is 0.645. The molecule has 8 nitrogen and oxygen atoms in total. The highest BCUT2D eigenvalue weighted by Gasteiger charge is 2.33. The zero-order valence-electron chi connectivity index (χ0n) is 14.4. The summed E-state index contributed by atoms with van der Waals surface area (Å²) in [5.41, 5.74) is 7.99. The molecule has 1 aliphatic carbocycles. The second-order valence-corrected chi connectivity index (χ2v) is 6.53. The van der Waals surface area contributed by atoms with Crippen molar-refractivity contribution in [2.75, 3.05) is 5.73 Å². The van der Waals surface area contributed by atoms with Gasteiger partial charge < -0.3 is 16.0 Å². The maximum absolute atomic E-state index is 12.7. The minimum atomic E-state index is -0.240. The number of carbonyl (C=O) groups excluding carboxylic acids is 1. The highest BCUT2D eigenvalue weighted by molar-refractivity contribution is 6.00. The molecule has 8 heteroatoms. The molecule has 4 rings (SSSR count). The lowest BCUT2D eigenvalue weighted by atomic mass is 9.78. The molecule has 2 aromatic heterocycles. The molecule has 2 heterocycles. The molecular formula is C19H18N6O2. The molecular weight excluding hydrogens is 344 g/mol. The predicted octanol–water partition coefficient (Wildman–Crippen LogP) is 1.49. The lowest BCUT2D eigenvalue weighted by molar-refractivity contribution is 0.0908. The summed E-state index contributed by atoms with van der Waals surface area (Å²) >= 11 is 0. The SMILES string of the molecule is Nc1ncc(C(=O)NC2CC(c3cc(=O)[nH]cn3)C2)c(-c2ccccc2)n1. The van der Waals surface area contributed by atoms with E-state index in [1.54, 1.807) is 0 Å². The van der Waals surface area contributed by atoms with Crippen molar-refractivity contribution in [3.63, 3.8) is 0 Å². The van der Waals surface area contributed by atoms with E-state index in [4.69, 9.17) is 5.73 Å². The van der Waals surface area contributed by atoms with E-state index < -0.39 is 0 Å². The second-order valence-electron chi connectivity index (χ2n) is 6.53.